The van der Waals surface area contributed by atoms with Crippen molar-refractivity contribution < 1.29 is 4.39 Å². The fourth-order valence-corrected chi connectivity index (χ4v) is 2.44. The first-order valence-corrected chi connectivity index (χ1v) is 6.24. The van der Waals surface area contributed by atoms with Crippen LogP contribution in [0.2, 0.25) is 0 Å². The second kappa shape index (κ2) is 4.48. The van der Waals surface area contributed by atoms with E-state index in [0.29, 0.717) is 4.99 Å². The predicted molar refractivity (Wildman–Crippen MR) is 79.6 cm³/mol. The van der Waals surface area contributed by atoms with E-state index < -0.39 is 0 Å². The van der Waals surface area contributed by atoms with Crippen LogP contribution in [0, 0.1) is 5.82 Å². The minimum absolute atomic E-state index is 0.267. The van der Waals surface area contributed by atoms with E-state index in [1.807, 2.05) is 24.3 Å². The third-order valence-electron chi connectivity index (χ3n) is 3.09. The van der Waals surface area contributed by atoms with Crippen LogP contribution < -0.4 is 5.73 Å². The Kier molecular flexibility index (Phi) is 2.80. The SMILES string of the molecule is NC(=S)c1c(-c2ccc(F)cc2)[nH]c2ccccc12. The molecule has 3 N–H and O–H groups in total. The number of aromatic amines is 1. The Morgan fingerprint density at radius 2 is 1.74 bits per heavy atom. The Morgan fingerprint density at radius 1 is 1.05 bits per heavy atom. The lowest BCUT2D eigenvalue weighted by atomic mass is 10.1. The Balaban J connectivity index is 2.31. The molecule has 2 nitrogen and oxygen atoms in total. The molecule has 4 heteroatoms. The summed E-state index contributed by atoms with van der Waals surface area (Å²) in [6.07, 6.45) is 0. The average Bonchev–Trinajstić information content (AvgIpc) is 2.78. The number of hydrogen-bond acceptors (Lipinski definition) is 1. The van der Waals surface area contributed by atoms with Crippen molar-refractivity contribution in [2.24, 2.45) is 5.73 Å². The van der Waals surface area contributed by atoms with Crippen LogP contribution in [0.4, 0.5) is 4.39 Å². The Labute approximate surface area is 115 Å². The molecule has 0 fully saturated rings. The number of halogens is 1. The standard InChI is InChI=1S/C15H11FN2S/c16-10-7-5-9(6-8-10)14-13(15(17)19)11-3-1-2-4-12(11)18-14/h1-8,18H,(H2,17,19). The number of rotatable bonds is 2. The van der Waals surface area contributed by atoms with E-state index in [4.69, 9.17) is 18.0 Å². The van der Waals surface area contributed by atoms with Crippen LogP contribution in [-0.2, 0) is 0 Å². The second-order valence-electron chi connectivity index (χ2n) is 4.29. The van der Waals surface area contributed by atoms with Crippen molar-refractivity contribution >= 4 is 28.1 Å². The molecule has 1 aromatic heterocycles. The van der Waals surface area contributed by atoms with E-state index in [0.717, 1.165) is 27.7 Å². The van der Waals surface area contributed by atoms with Gasteiger partial charge in [-0.25, -0.2) is 4.39 Å². The van der Waals surface area contributed by atoms with Crippen molar-refractivity contribution in [1.82, 2.24) is 4.98 Å². The van der Waals surface area contributed by atoms with Gasteiger partial charge in [0.25, 0.3) is 0 Å². The van der Waals surface area contributed by atoms with Gasteiger partial charge in [0.15, 0.2) is 0 Å². The van der Waals surface area contributed by atoms with Gasteiger partial charge in [0.2, 0.25) is 0 Å². The first-order valence-electron chi connectivity index (χ1n) is 5.83. The van der Waals surface area contributed by atoms with Gasteiger partial charge < -0.3 is 10.7 Å². The molecule has 0 saturated heterocycles. The fraction of sp³-hybridized carbons (Fsp3) is 0. The van der Waals surface area contributed by atoms with Crippen molar-refractivity contribution in [3.05, 3.63) is 59.9 Å². The highest BCUT2D eigenvalue weighted by atomic mass is 32.1. The van der Waals surface area contributed by atoms with Crippen LogP contribution in [0.25, 0.3) is 22.2 Å². The molecular weight excluding hydrogens is 259 g/mol. The molecule has 19 heavy (non-hydrogen) atoms. The third-order valence-corrected chi connectivity index (χ3v) is 3.29. The lowest BCUT2D eigenvalue weighted by Crippen LogP contribution is -2.10. The number of nitrogens with one attached hydrogen (secondary N) is 1. The molecule has 0 unspecified atom stereocenters. The number of nitrogens with two attached hydrogens (primary N) is 1. The summed E-state index contributed by atoms with van der Waals surface area (Å²) >= 11 is 5.14. The highest BCUT2D eigenvalue weighted by molar-refractivity contribution is 7.80. The predicted octanol–water partition coefficient (Wildman–Crippen LogP) is 3.61. The van der Waals surface area contributed by atoms with Crippen molar-refractivity contribution in [3.63, 3.8) is 0 Å². The maximum absolute atomic E-state index is 13.0. The summed E-state index contributed by atoms with van der Waals surface area (Å²) in [5, 5.41) is 0.981. The molecule has 3 rings (SSSR count). The van der Waals surface area contributed by atoms with E-state index in [2.05, 4.69) is 4.98 Å². The topological polar surface area (TPSA) is 41.8 Å². The number of benzene rings is 2. The molecule has 0 aliphatic rings. The van der Waals surface area contributed by atoms with Gasteiger partial charge in [-0.05, 0) is 35.9 Å². The molecule has 0 amide bonds. The largest absolute Gasteiger partial charge is 0.389 e. The van der Waals surface area contributed by atoms with E-state index in [-0.39, 0.29) is 5.82 Å². The van der Waals surface area contributed by atoms with Gasteiger partial charge in [0.05, 0.1) is 5.69 Å². The van der Waals surface area contributed by atoms with Gasteiger partial charge in [0, 0.05) is 16.5 Å². The highest BCUT2D eigenvalue weighted by Gasteiger charge is 2.14. The van der Waals surface area contributed by atoms with Gasteiger partial charge in [-0.2, -0.15) is 0 Å². The monoisotopic (exact) mass is 270 g/mol. The molecule has 1 heterocycles. The first-order chi connectivity index (χ1) is 9.16. The molecule has 3 aromatic rings. The summed E-state index contributed by atoms with van der Waals surface area (Å²) in [6.45, 7) is 0. The smallest absolute Gasteiger partial charge is 0.123 e. The summed E-state index contributed by atoms with van der Waals surface area (Å²) < 4.78 is 13.0. The normalized spacial score (nSPS) is 10.8. The second-order valence-corrected chi connectivity index (χ2v) is 4.73. The van der Waals surface area contributed by atoms with Crippen molar-refractivity contribution in [2.75, 3.05) is 0 Å². The van der Waals surface area contributed by atoms with Gasteiger partial charge in [-0.3, -0.25) is 0 Å². The Hall–Kier alpha value is -2.20. The molecule has 94 valence electrons. The average molecular weight is 270 g/mol. The molecular formula is C15H11FN2S. The maximum atomic E-state index is 13.0. The highest BCUT2D eigenvalue weighted by Crippen LogP contribution is 2.30. The van der Waals surface area contributed by atoms with Crippen molar-refractivity contribution in [2.45, 2.75) is 0 Å². The maximum Gasteiger partial charge on any atom is 0.123 e. The zero-order valence-electron chi connectivity index (χ0n) is 9.98. The van der Waals surface area contributed by atoms with Crippen LogP contribution in [0.3, 0.4) is 0 Å². The summed E-state index contributed by atoms with van der Waals surface area (Å²) in [7, 11) is 0. The lowest BCUT2D eigenvalue weighted by molar-refractivity contribution is 0.628. The number of thiocarbonyl (C=S) groups is 1. The van der Waals surface area contributed by atoms with Gasteiger partial charge in [-0.1, -0.05) is 30.4 Å². The van der Waals surface area contributed by atoms with E-state index in [1.54, 1.807) is 12.1 Å². The number of hydrogen-bond donors (Lipinski definition) is 2. The van der Waals surface area contributed by atoms with Crippen LogP contribution in [0.5, 0.6) is 0 Å². The lowest BCUT2D eigenvalue weighted by Gasteiger charge is -2.03. The van der Waals surface area contributed by atoms with Crippen molar-refractivity contribution in [3.8, 4) is 11.3 Å². The van der Waals surface area contributed by atoms with Crippen molar-refractivity contribution in [1.29, 1.82) is 0 Å². The number of fused-ring (bicyclic) bond motifs is 1. The molecule has 0 spiro atoms. The van der Waals surface area contributed by atoms with Gasteiger partial charge in [0.1, 0.15) is 10.8 Å². The molecule has 2 aromatic carbocycles. The van der Waals surface area contributed by atoms with E-state index >= 15 is 0 Å². The summed E-state index contributed by atoms with van der Waals surface area (Å²) in [5.41, 5.74) is 9.28. The zero-order chi connectivity index (χ0) is 13.4. The Morgan fingerprint density at radius 3 is 2.42 bits per heavy atom. The number of para-hydroxylation sites is 1. The minimum Gasteiger partial charge on any atom is -0.389 e. The van der Waals surface area contributed by atoms with Gasteiger partial charge >= 0.3 is 0 Å². The molecule has 0 aliphatic carbocycles. The molecule has 0 bridgehead atoms. The van der Waals surface area contributed by atoms with E-state index in [1.165, 1.54) is 12.1 Å². The molecule has 0 radical (unpaired) electrons. The molecule has 0 atom stereocenters. The van der Waals surface area contributed by atoms with Crippen LogP contribution in [-0.4, -0.2) is 9.97 Å². The zero-order valence-corrected chi connectivity index (χ0v) is 10.8. The summed E-state index contributed by atoms with van der Waals surface area (Å²) in [4.78, 5) is 3.62. The van der Waals surface area contributed by atoms with E-state index in [9.17, 15) is 4.39 Å². The van der Waals surface area contributed by atoms with Crippen LogP contribution in [0.1, 0.15) is 5.56 Å². The first kappa shape index (κ1) is 11.9. The summed E-state index contributed by atoms with van der Waals surface area (Å²) in [5.74, 6) is -0.267. The Bertz CT molecular complexity index is 759. The fourth-order valence-electron chi connectivity index (χ4n) is 2.23. The van der Waals surface area contributed by atoms with Crippen LogP contribution >= 0.6 is 12.2 Å². The minimum atomic E-state index is -0.267. The van der Waals surface area contributed by atoms with Gasteiger partial charge in [-0.15, -0.1) is 0 Å². The third kappa shape index (κ3) is 2.00. The molecule has 0 saturated carbocycles. The molecule has 0 aliphatic heterocycles. The quantitative estimate of drug-likeness (QED) is 0.698. The number of H-pyrrole nitrogens is 1. The number of aromatic nitrogens is 1. The van der Waals surface area contributed by atoms with Crippen LogP contribution in [0.15, 0.2) is 48.5 Å². The summed E-state index contributed by atoms with van der Waals surface area (Å²) in [6, 6.07) is 14.1.